The van der Waals surface area contributed by atoms with Crippen molar-refractivity contribution in [2.75, 3.05) is 18.5 Å². The molecule has 1 fully saturated rings. The fourth-order valence-electron chi connectivity index (χ4n) is 3.95. The Morgan fingerprint density at radius 1 is 1.00 bits per heavy atom. The van der Waals surface area contributed by atoms with E-state index in [-0.39, 0.29) is 29.9 Å². The SMILES string of the molecule is O=C1C[C@H](c2c(Cl)ccc(NC3CCOCC3)c2Cl)CC(O)=C1Sc1ccccc1Cl. The quantitative estimate of drug-likeness (QED) is 0.455. The Kier molecular flexibility index (Phi) is 7.40. The number of nitrogens with one attached hydrogen (secondary N) is 1. The fraction of sp³-hybridized carbons (Fsp3) is 0.348. The van der Waals surface area contributed by atoms with E-state index in [0.29, 0.717) is 32.0 Å². The van der Waals surface area contributed by atoms with Crippen LogP contribution in [0.25, 0.3) is 0 Å². The molecule has 0 unspecified atom stereocenters. The molecule has 31 heavy (non-hydrogen) atoms. The number of rotatable bonds is 5. The van der Waals surface area contributed by atoms with Crippen LogP contribution in [0.3, 0.4) is 0 Å². The van der Waals surface area contributed by atoms with Crippen LogP contribution in [0.15, 0.2) is 52.0 Å². The number of ether oxygens (including phenoxy) is 1. The zero-order valence-corrected chi connectivity index (χ0v) is 19.8. The maximum atomic E-state index is 12.9. The molecule has 0 spiro atoms. The second-order valence-electron chi connectivity index (χ2n) is 7.69. The molecule has 1 aliphatic heterocycles. The molecule has 2 aromatic carbocycles. The first kappa shape index (κ1) is 22.8. The molecule has 0 aromatic heterocycles. The van der Waals surface area contributed by atoms with Gasteiger partial charge in [0.1, 0.15) is 5.76 Å². The fourth-order valence-corrected chi connectivity index (χ4v) is 5.87. The molecule has 1 aliphatic carbocycles. The van der Waals surface area contributed by atoms with Crippen LogP contribution in [-0.2, 0) is 9.53 Å². The minimum atomic E-state index is -0.292. The number of aliphatic hydroxyl groups is 1. The smallest absolute Gasteiger partial charge is 0.173 e. The van der Waals surface area contributed by atoms with Crippen molar-refractivity contribution in [2.45, 2.75) is 42.5 Å². The lowest BCUT2D eigenvalue weighted by Crippen LogP contribution is -2.28. The van der Waals surface area contributed by atoms with Gasteiger partial charge in [-0.2, -0.15) is 0 Å². The molecule has 1 atom stereocenters. The highest BCUT2D eigenvalue weighted by Crippen LogP contribution is 2.46. The summed E-state index contributed by atoms with van der Waals surface area (Å²) in [6.07, 6.45) is 2.32. The summed E-state index contributed by atoms with van der Waals surface area (Å²) in [6, 6.07) is 11.2. The lowest BCUT2D eigenvalue weighted by atomic mass is 9.85. The highest BCUT2D eigenvalue weighted by molar-refractivity contribution is 8.04. The van der Waals surface area contributed by atoms with Gasteiger partial charge in [0.25, 0.3) is 0 Å². The van der Waals surface area contributed by atoms with Gasteiger partial charge in [-0.25, -0.2) is 0 Å². The minimum Gasteiger partial charge on any atom is -0.511 e. The molecule has 164 valence electrons. The van der Waals surface area contributed by atoms with Gasteiger partial charge in [0.15, 0.2) is 5.78 Å². The molecule has 1 saturated heterocycles. The number of allylic oxidation sites excluding steroid dienone is 2. The molecule has 4 rings (SSSR count). The molecule has 2 N–H and O–H groups in total. The number of Topliss-reactive ketones (excluding diaryl/α,β-unsaturated/α-hetero) is 1. The highest BCUT2D eigenvalue weighted by Gasteiger charge is 2.32. The van der Waals surface area contributed by atoms with Crippen molar-refractivity contribution >= 4 is 58.0 Å². The summed E-state index contributed by atoms with van der Waals surface area (Å²) >= 11 is 20.6. The largest absolute Gasteiger partial charge is 0.511 e. The van der Waals surface area contributed by atoms with Crippen molar-refractivity contribution in [3.63, 3.8) is 0 Å². The third-order valence-electron chi connectivity index (χ3n) is 5.55. The number of carbonyl (C=O) groups excluding carboxylic acids is 1. The molecule has 0 saturated carbocycles. The van der Waals surface area contributed by atoms with Crippen LogP contribution >= 0.6 is 46.6 Å². The number of benzene rings is 2. The van der Waals surface area contributed by atoms with E-state index in [1.807, 2.05) is 24.3 Å². The number of hydrogen-bond donors (Lipinski definition) is 2. The summed E-state index contributed by atoms with van der Waals surface area (Å²) in [5.74, 6) is -0.394. The number of hydrogen-bond acceptors (Lipinski definition) is 5. The van der Waals surface area contributed by atoms with Crippen molar-refractivity contribution in [3.05, 3.63) is 67.7 Å². The maximum Gasteiger partial charge on any atom is 0.173 e. The maximum absolute atomic E-state index is 12.9. The molecule has 0 amide bonds. The topological polar surface area (TPSA) is 58.6 Å². The van der Waals surface area contributed by atoms with E-state index in [0.717, 1.165) is 36.6 Å². The van der Waals surface area contributed by atoms with Gasteiger partial charge in [-0.3, -0.25) is 4.79 Å². The lowest BCUT2D eigenvalue weighted by Gasteiger charge is -2.28. The summed E-state index contributed by atoms with van der Waals surface area (Å²) in [4.78, 5) is 14.0. The summed E-state index contributed by atoms with van der Waals surface area (Å²) in [6.45, 7) is 1.44. The van der Waals surface area contributed by atoms with E-state index in [1.54, 1.807) is 12.1 Å². The van der Waals surface area contributed by atoms with Crippen molar-refractivity contribution in [1.82, 2.24) is 0 Å². The van der Waals surface area contributed by atoms with Gasteiger partial charge in [-0.15, -0.1) is 0 Å². The van der Waals surface area contributed by atoms with Crippen molar-refractivity contribution in [1.29, 1.82) is 0 Å². The van der Waals surface area contributed by atoms with E-state index < -0.39 is 0 Å². The van der Waals surface area contributed by atoms with Crippen LogP contribution in [0.5, 0.6) is 0 Å². The second-order valence-corrected chi connectivity index (χ2v) is 9.93. The van der Waals surface area contributed by atoms with Gasteiger partial charge in [0.05, 0.1) is 20.6 Å². The van der Waals surface area contributed by atoms with Crippen LogP contribution in [0.1, 0.15) is 37.2 Å². The number of thioether (sulfide) groups is 1. The molecule has 1 heterocycles. The van der Waals surface area contributed by atoms with E-state index in [9.17, 15) is 9.90 Å². The first-order valence-electron chi connectivity index (χ1n) is 10.1. The van der Waals surface area contributed by atoms with Gasteiger partial charge in [0.2, 0.25) is 0 Å². The predicted molar refractivity (Wildman–Crippen MR) is 128 cm³/mol. The number of halogens is 3. The van der Waals surface area contributed by atoms with Crippen molar-refractivity contribution < 1.29 is 14.6 Å². The average molecular weight is 499 g/mol. The number of anilines is 1. The molecule has 0 bridgehead atoms. The van der Waals surface area contributed by atoms with Crippen LogP contribution in [0, 0.1) is 0 Å². The Labute approximate surface area is 200 Å². The number of ketones is 1. The van der Waals surface area contributed by atoms with E-state index in [1.165, 1.54) is 11.8 Å². The van der Waals surface area contributed by atoms with Gasteiger partial charge < -0.3 is 15.2 Å². The number of carbonyl (C=O) groups is 1. The second kappa shape index (κ2) is 10.1. The molecule has 2 aromatic rings. The first-order valence-corrected chi connectivity index (χ1v) is 12.1. The van der Waals surface area contributed by atoms with Gasteiger partial charge >= 0.3 is 0 Å². The Hall–Kier alpha value is -1.37. The summed E-state index contributed by atoms with van der Waals surface area (Å²) in [5.41, 5.74) is 1.49. The van der Waals surface area contributed by atoms with Crippen molar-refractivity contribution in [3.8, 4) is 0 Å². The normalized spacial score (nSPS) is 20.2. The molecule has 8 heteroatoms. The zero-order chi connectivity index (χ0) is 22.0. The van der Waals surface area contributed by atoms with Crippen LogP contribution in [0.4, 0.5) is 5.69 Å². The third-order valence-corrected chi connectivity index (χ3v) is 7.97. The first-order chi connectivity index (χ1) is 14.9. The van der Waals surface area contributed by atoms with Crippen molar-refractivity contribution in [2.24, 2.45) is 0 Å². The van der Waals surface area contributed by atoms with E-state index in [2.05, 4.69) is 5.32 Å². The summed E-state index contributed by atoms with van der Waals surface area (Å²) in [7, 11) is 0. The van der Waals surface area contributed by atoms with Gasteiger partial charge in [0, 0.05) is 47.9 Å². The van der Waals surface area contributed by atoms with Crippen LogP contribution < -0.4 is 5.32 Å². The van der Waals surface area contributed by atoms with E-state index >= 15 is 0 Å². The third kappa shape index (κ3) is 5.18. The Morgan fingerprint density at radius 2 is 1.74 bits per heavy atom. The molecule has 0 radical (unpaired) electrons. The Morgan fingerprint density at radius 3 is 2.45 bits per heavy atom. The lowest BCUT2D eigenvalue weighted by molar-refractivity contribution is -0.115. The monoisotopic (exact) mass is 497 g/mol. The number of aliphatic hydroxyl groups excluding tert-OH is 1. The average Bonchev–Trinajstić information content (AvgIpc) is 2.75. The minimum absolute atomic E-state index is 0.0427. The van der Waals surface area contributed by atoms with Crippen LogP contribution in [0.2, 0.25) is 15.1 Å². The van der Waals surface area contributed by atoms with Gasteiger partial charge in [-0.1, -0.05) is 58.7 Å². The summed E-state index contributed by atoms with van der Waals surface area (Å²) < 4.78 is 5.41. The summed E-state index contributed by atoms with van der Waals surface area (Å²) in [5, 5.41) is 15.7. The highest BCUT2D eigenvalue weighted by atomic mass is 35.5. The molecular weight excluding hydrogens is 477 g/mol. The molecular formula is C23H22Cl3NO3S. The molecule has 2 aliphatic rings. The van der Waals surface area contributed by atoms with Gasteiger partial charge in [-0.05, 0) is 42.7 Å². The standard InChI is InChI=1S/C23H22Cl3NO3S/c24-15-3-1-2-4-20(15)31-23-18(28)11-13(12-19(23)29)21-16(25)5-6-17(22(21)26)27-14-7-9-30-10-8-14/h1-6,13-14,27-28H,7-12H2/t13-/m1/s1. The molecule has 4 nitrogen and oxygen atoms in total. The Bertz CT molecular complexity index is 1020. The predicted octanol–water partition coefficient (Wildman–Crippen LogP) is 7.25. The Balaban J connectivity index is 1.58. The van der Waals surface area contributed by atoms with E-state index in [4.69, 9.17) is 39.5 Å². The zero-order valence-electron chi connectivity index (χ0n) is 16.7. The van der Waals surface area contributed by atoms with Crippen LogP contribution in [-0.4, -0.2) is 30.1 Å².